The molecule has 0 bridgehead atoms. The van der Waals surface area contributed by atoms with Crippen molar-refractivity contribution in [2.75, 3.05) is 5.32 Å². The van der Waals surface area contributed by atoms with E-state index in [0.29, 0.717) is 6.54 Å². The lowest BCUT2D eigenvalue weighted by molar-refractivity contribution is 1.09. The minimum atomic E-state index is 0.713. The zero-order valence-corrected chi connectivity index (χ0v) is 13.4. The molecule has 3 nitrogen and oxygen atoms in total. The maximum absolute atomic E-state index is 6.02. The summed E-state index contributed by atoms with van der Waals surface area (Å²) in [5, 5.41) is 11.0. The normalized spacial score (nSPS) is 10.6. The van der Waals surface area contributed by atoms with E-state index in [0.717, 1.165) is 32.0 Å². The van der Waals surface area contributed by atoms with Crippen molar-refractivity contribution in [3.63, 3.8) is 0 Å². The second-order valence-electron chi connectivity index (χ2n) is 4.64. The van der Waals surface area contributed by atoms with Gasteiger partial charge in [0.2, 0.25) is 0 Å². The molecule has 5 heteroatoms. The maximum Gasteiger partial charge on any atom is 0.0650 e. The first-order valence-corrected chi connectivity index (χ1v) is 7.67. The van der Waals surface area contributed by atoms with Crippen molar-refractivity contribution in [3.05, 3.63) is 69.8 Å². The SMILES string of the molecule is Clc1ccc(Br)c(CNc2ccc(-c3ccn[nH]3)cc2)c1. The fourth-order valence-electron chi connectivity index (χ4n) is 2.06. The molecule has 3 aromatic rings. The molecular formula is C16H13BrClN3. The lowest BCUT2D eigenvalue weighted by Gasteiger charge is -2.09. The molecule has 0 saturated carbocycles. The lowest BCUT2D eigenvalue weighted by Crippen LogP contribution is -2.00. The van der Waals surface area contributed by atoms with Crippen LogP contribution in [0.2, 0.25) is 5.02 Å². The summed E-state index contributed by atoms with van der Waals surface area (Å²) in [5.41, 5.74) is 4.31. The quantitative estimate of drug-likeness (QED) is 0.677. The van der Waals surface area contributed by atoms with E-state index in [1.54, 1.807) is 6.20 Å². The lowest BCUT2D eigenvalue weighted by atomic mass is 10.1. The summed E-state index contributed by atoms with van der Waals surface area (Å²) in [7, 11) is 0. The molecule has 0 unspecified atom stereocenters. The van der Waals surface area contributed by atoms with Gasteiger partial charge in [0.15, 0.2) is 0 Å². The number of aromatic amines is 1. The Morgan fingerprint density at radius 3 is 2.62 bits per heavy atom. The second-order valence-corrected chi connectivity index (χ2v) is 5.93. The van der Waals surface area contributed by atoms with Crippen LogP contribution < -0.4 is 5.32 Å². The van der Waals surface area contributed by atoms with Gasteiger partial charge in [-0.3, -0.25) is 5.10 Å². The van der Waals surface area contributed by atoms with E-state index in [9.17, 15) is 0 Å². The van der Waals surface area contributed by atoms with E-state index >= 15 is 0 Å². The molecule has 3 rings (SSSR count). The van der Waals surface area contributed by atoms with Gasteiger partial charge < -0.3 is 5.32 Å². The molecule has 0 atom stereocenters. The number of nitrogens with zero attached hydrogens (tertiary/aromatic N) is 1. The molecule has 2 N–H and O–H groups in total. The van der Waals surface area contributed by atoms with Crippen LogP contribution in [0.3, 0.4) is 0 Å². The molecule has 0 fully saturated rings. The number of H-pyrrole nitrogens is 1. The number of hydrogen-bond acceptors (Lipinski definition) is 2. The van der Waals surface area contributed by atoms with Gasteiger partial charge in [-0.1, -0.05) is 39.7 Å². The smallest absolute Gasteiger partial charge is 0.0650 e. The number of nitrogens with one attached hydrogen (secondary N) is 2. The zero-order valence-electron chi connectivity index (χ0n) is 11.1. The van der Waals surface area contributed by atoms with Gasteiger partial charge >= 0.3 is 0 Å². The average molecular weight is 363 g/mol. The minimum Gasteiger partial charge on any atom is -0.381 e. The number of hydrogen-bond donors (Lipinski definition) is 2. The Balaban J connectivity index is 1.70. The van der Waals surface area contributed by atoms with Crippen molar-refractivity contribution in [1.82, 2.24) is 10.2 Å². The predicted molar refractivity (Wildman–Crippen MR) is 90.5 cm³/mol. The van der Waals surface area contributed by atoms with Gasteiger partial charge in [0.25, 0.3) is 0 Å². The molecule has 0 aliphatic heterocycles. The van der Waals surface area contributed by atoms with Crippen LogP contribution in [0.5, 0.6) is 0 Å². The Bertz CT molecular complexity index is 724. The van der Waals surface area contributed by atoms with Gasteiger partial charge in [-0.2, -0.15) is 5.10 Å². The average Bonchev–Trinajstić information content (AvgIpc) is 3.03. The zero-order chi connectivity index (χ0) is 14.7. The number of benzene rings is 2. The first-order chi connectivity index (χ1) is 10.2. The topological polar surface area (TPSA) is 40.7 Å². The highest BCUT2D eigenvalue weighted by molar-refractivity contribution is 9.10. The van der Waals surface area contributed by atoms with Crippen LogP contribution in [0.1, 0.15) is 5.56 Å². The maximum atomic E-state index is 6.02. The van der Waals surface area contributed by atoms with E-state index in [-0.39, 0.29) is 0 Å². The third kappa shape index (κ3) is 3.46. The molecule has 21 heavy (non-hydrogen) atoms. The third-order valence-electron chi connectivity index (χ3n) is 3.19. The van der Waals surface area contributed by atoms with Crippen molar-refractivity contribution in [3.8, 4) is 11.3 Å². The number of aromatic nitrogens is 2. The van der Waals surface area contributed by atoms with Gasteiger partial charge in [0, 0.05) is 27.9 Å². The molecule has 0 saturated heterocycles. The molecule has 1 aromatic heterocycles. The highest BCUT2D eigenvalue weighted by Crippen LogP contribution is 2.23. The summed E-state index contributed by atoms with van der Waals surface area (Å²) >= 11 is 9.55. The number of rotatable bonds is 4. The summed E-state index contributed by atoms with van der Waals surface area (Å²) in [4.78, 5) is 0. The van der Waals surface area contributed by atoms with E-state index in [4.69, 9.17) is 11.6 Å². The molecule has 1 heterocycles. The van der Waals surface area contributed by atoms with Crippen LogP contribution >= 0.6 is 27.5 Å². The Morgan fingerprint density at radius 1 is 1.10 bits per heavy atom. The molecule has 0 aliphatic carbocycles. The van der Waals surface area contributed by atoms with Crippen molar-refractivity contribution >= 4 is 33.2 Å². The van der Waals surface area contributed by atoms with Crippen LogP contribution in [0.15, 0.2) is 59.2 Å². The van der Waals surface area contributed by atoms with Crippen LogP contribution in [-0.4, -0.2) is 10.2 Å². The van der Waals surface area contributed by atoms with Gasteiger partial charge in [-0.25, -0.2) is 0 Å². The Labute approximate surface area is 136 Å². The molecule has 0 amide bonds. The highest BCUT2D eigenvalue weighted by atomic mass is 79.9. The van der Waals surface area contributed by atoms with Crippen molar-refractivity contribution in [1.29, 1.82) is 0 Å². The number of halogens is 2. The van der Waals surface area contributed by atoms with Crippen molar-refractivity contribution < 1.29 is 0 Å². The molecule has 0 aliphatic rings. The van der Waals surface area contributed by atoms with Crippen LogP contribution in [0.4, 0.5) is 5.69 Å². The first-order valence-electron chi connectivity index (χ1n) is 6.50. The summed E-state index contributed by atoms with van der Waals surface area (Å²) < 4.78 is 1.05. The van der Waals surface area contributed by atoms with Gasteiger partial charge in [-0.15, -0.1) is 0 Å². The first kappa shape index (κ1) is 14.2. The Morgan fingerprint density at radius 2 is 1.90 bits per heavy atom. The minimum absolute atomic E-state index is 0.713. The summed E-state index contributed by atoms with van der Waals surface area (Å²) in [6, 6.07) is 16.0. The van der Waals surface area contributed by atoms with Gasteiger partial charge in [0.05, 0.1) is 5.69 Å². The molecule has 0 radical (unpaired) electrons. The van der Waals surface area contributed by atoms with E-state index in [1.807, 2.05) is 24.3 Å². The molecular weight excluding hydrogens is 350 g/mol. The second kappa shape index (κ2) is 6.33. The third-order valence-corrected chi connectivity index (χ3v) is 4.20. The van der Waals surface area contributed by atoms with E-state index < -0.39 is 0 Å². The van der Waals surface area contributed by atoms with Gasteiger partial charge in [-0.05, 0) is 47.5 Å². The fourth-order valence-corrected chi connectivity index (χ4v) is 2.64. The summed E-state index contributed by atoms with van der Waals surface area (Å²) in [6.45, 7) is 0.713. The molecule has 2 aromatic carbocycles. The largest absolute Gasteiger partial charge is 0.381 e. The fraction of sp³-hybridized carbons (Fsp3) is 0.0625. The molecule has 0 spiro atoms. The number of anilines is 1. The monoisotopic (exact) mass is 361 g/mol. The van der Waals surface area contributed by atoms with Crippen LogP contribution in [-0.2, 0) is 6.54 Å². The Kier molecular flexibility index (Phi) is 4.27. The van der Waals surface area contributed by atoms with Crippen LogP contribution in [0.25, 0.3) is 11.3 Å². The molecule has 106 valence electrons. The highest BCUT2D eigenvalue weighted by Gasteiger charge is 2.02. The van der Waals surface area contributed by atoms with Gasteiger partial charge in [0.1, 0.15) is 0 Å². The predicted octanol–water partition coefficient (Wildman–Crippen LogP) is 5.10. The van der Waals surface area contributed by atoms with Crippen molar-refractivity contribution in [2.45, 2.75) is 6.54 Å². The van der Waals surface area contributed by atoms with Crippen LogP contribution in [0, 0.1) is 0 Å². The summed E-state index contributed by atoms with van der Waals surface area (Å²) in [6.07, 6.45) is 1.75. The van der Waals surface area contributed by atoms with E-state index in [2.05, 4.69) is 55.7 Å². The summed E-state index contributed by atoms with van der Waals surface area (Å²) in [5.74, 6) is 0. The van der Waals surface area contributed by atoms with Crippen molar-refractivity contribution in [2.24, 2.45) is 0 Å². The standard InChI is InChI=1S/C16H13BrClN3/c17-15-6-3-13(18)9-12(15)10-19-14-4-1-11(2-5-14)16-7-8-20-21-16/h1-9,19H,10H2,(H,20,21). The van der Waals surface area contributed by atoms with E-state index in [1.165, 1.54) is 0 Å². The Hall–Kier alpha value is -1.78.